The van der Waals surface area contributed by atoms with Crippen molar-refractivity contribution in [3.05, 3.63) is 41.5 Å². The fourth-order valence-electron chi connectivity index (χ4n) is 3.71. The van der Waals surface area contributed by atoms with Crippen molar-refractivity contribution in [1.82, 2.24) is 0 Å². The Balaban J connectivity index is 1.60. The van der Waals surface area contributed by atoms with Gasteiger partial charge in [0.05, 0.1) is 13.0 Å². The molecule has 6 atom stereocenters. The van der Waals surface area contributed by atoms with Gasteiger partial charge in [0, 0.05) is 12.1 Å². The molecule has 2 heterocycles. The van der Waals surface area contributed by atoms with E-state index < -0.39 is 54.9 Å². The Morgan fingerprint density at radius 2 is 1.69 bits per heavy atom. The second-order valence-electron chi connectivity index (χ2n) is 7.61. The molecule has 172 valence electrons. The van der Waals surface area contributed by atoms with E-state index in [1.165, 1.54) is 24.3 Å². The van der Waals surface area contributed by atoms with Gasteiger partial charge < -0.3 is 50.0 Å². The number of carbonyl (C=O) groups is 1. The first-order valence-electron chi connectivity index (χ1n) is 9.75. The van der Waals surface area contributed by atoms with Crippen LogP contribution in [0.2, 0.25) is 0 Å². The molecule has 2 aromatic rings. The molecule has 0 radical (unpaired) electrons. The topological polar surface area (TPSA) is 186 Å². The molecule has 1 saturated heterocycles. The lowest BCUT2D eigenvalue weighted by Gasteiger charge is -2.39. The number of ether oxygens (including phenoxy) is 3. The molecule has 0 spiro atoms. The molecule has 32 heavy (non-hydrogen) atoms. The van der Waals surface area contributed by atoms with Gasteiger partial charge in [0.1, 0.15) is 53.3 Å². The molecule has 11 nitrogen and oxygen atoms in total. The SMILES string of the molecule is O=C1CC(c2ccc(O)c(O)c2)Oc2cc(OC3O[C@@H](CO)[C@H](O)[C@@H](O)[C@@H]3O)cc(O)c21. The normalized spacial score (nSPS) is 29.8. The van der Waals surface area contributed by atoms with Crippen molar-refractivity contribution in [1.29, 1.82) is 0 Å². The number of hydrogen-bond donors (Lipinski definition) is 7. The van der Waals surface area contributed by atoms with Crippen LogP contribution in [0.5, 0.6) is 28.7 Å². The number of phenols is 3. The second-order valence-corrected chi connectivity index (χ2v) is 7.61. The minimum atomic E-state index is -1.67. The number of fused-ring (bicyclic) bond motifs is 1. The monoisotopic (exact) mass is 450 g/mol. The molecule has 0 amide bonds. The number of aliphatic hydroxyl groups is 4. The summed E-state index contributed by atoms with van der Waals surface area (Å²) in [6.07, 6.45) is -8.50. The van der Waals surface area contributed by atoms with Crippen molar-refractivity contribution in [3.63, 3.8) is 0 Å². The zero-order chi connectivity index (χ0) is 23.2. The molecule has 4 rings (SSSR count). The van der Waals surface area contributed by atoms with E-state index in [1.807, 2.05) is 0 Å². The van der Waals surface area contributed by atoms with Crippen molar-refractivity contribution in [2.75, 3.05) is 6.61 Å². The van der Waals surface area contributed by atoms with Gasteiger partial charge in [0.15, 0.2) is 17.3 Å². The standard InChI is InChI=1S/C21H22O11/c22-7-16-18(27)19(28)20(29)21(32-16)30-9-4-12(25)17-13(26)6-14(31-15(17)5-9)8-1-2-10(23)11(24)3-8/h1-5,14,16,18-25,27-29H,6-7H2/t14?,16-,18-,19+,20-,21?/m0/s1. The highest BCUT2D eigenvalue weighted by molar-refractivity contribution is 6.02. The average molecular weight is 450 g/mol. The third-order valence-corrected chi connectivity index (χ3v) is 5.45. The minimum Gasteiger partial charge on any atom is -0.507 e. The number of aliphatic hydroxyl groups excluding tert-OH is 4. The minimum absolute atomic E-state index is 0.0293. The molecule has 0 aliphatic carbocycles. The maximum atomic E-state index is 12.6. The summed E-state index contributed by atoms with van der Waals surface area (Å²) in [5.41, 5.74) is 0.337. The first-order chi connectivity index (χ1) is 15.2. The van der Waals surface area contributed by atoms with Crippen molar-refractivity contribution < 1.29 is 54.8 Å². The fraction of sp³-hybridized carbons (Fsp3) is 0.381. The molecule has 0 bridgehead atoms. The van der Waals surface area contributed by atoms with Crippen LogP contribution in [0, 0.1) is 0 Å². The summed E-state index contributed by atoms with van der Waals surface area (Å²) in [6.45, 7) is -0.640. The van der Waals surface area contributed by atoms with Crippen LogP contribution in [-0.4, -0.2) is 78.8 Å². The Labute approximate surface area is 181 Å². The van der Waals surface area contributed by atoms with Gasteiger partial charge in [-0.1, -0.05) is 6.07 Å². The molecule has 7 N–H and O–H groups in total. The largest absolute Gasteiger partial charge is 0.507 e. The lowest BCUT2D eigenvalue weighted by atomic mass is 9.95. The van der Waals surface area contributed by atoms with E-state index in [0.29, 0.717) is 5.56 Å². The van der Waals surface area contributed by atoms with E-state index in [1.54, 1.807) is 0 Å². The van der Waals surface area contributed by atoms with Gasteiger partial charge >= 0.3 is 0 Å². The highest BCUT2D eigenvalue weighted by Crippen LogP contribution is 2.43. The van der Waals surface area contributed by atoms with Crippen LogP contribution in [-0.2, 0) is 4.74 Å². The first-order valence-corrected chi connectivity index (χ1v) is 9.75. The Kier molecular flexibility index (Phi) is 5.84. The number of Topliss-reactive ketones (excluding diaryl/α,β-unsaturated/α-hetero) is 1. The number of rotatable bonds is 4. The predicted octanol–water partition coefficient (Wildman–Crippen LogP) is -0.311. The zero-order valence-electron chi connectivity index (χ0n) is 16.5. The van der Waals surface area contributed by atoms with Crippen LogP contribution in [0.4, 0.5) is 0 Å². The third kappa shape index (κ3) is 3.92. The molecular formula is C21H22O11. The summed E-state index contributed by atoms with van der Waals surface area (Å²) in [5, 5.41) is 68.8. The van der Waals surface area contributed by atoms with Gasteiger partial charge in [-0.05, 0) is 17.7 Å². The fourth-order valence-corrected chi connectivity index (χ4v) is 3.71. The van der Waals surface area contributed by atoms with Gasteiger partial charge in [-0.3, -0.25) is 4.79 Å². The lowest BCUT2D eigenvalue weighted by molar-refractivity contribution is -0.277. The number of phenolic OH excluding ortho intramolecular Hbond substituents is 3. The summed E-state index contributed by atoms with van der Waals surface area (Å²) in [5.74, 6) is -1.69. The van der Waals surface area contributed by atoms with Crippen molar-refractivity contribution in [3.8, 4) is 28.7 Å². The molecule has 0 saturated carbocycles. The van der Waals surface area contributed by atoms with Gasteiger partial charge in [-0.15, -0.1) is 0 Å². The van der Waals surface area contributed by atoms with Gasteiger partial charge in [0.2, 0.25) is 6.29 Å². The smallest absolute Gasteiger partial charge is 0.229 e. The molecular weight excluding hydrogens is 428 g/mol. The number of ketones is 1. The average Bonchev–Trinajstić information content (AvgIpc) is 2.75. The molecule has 2 aliphatic heterocycles. The van der Waals surface area contributed by atoms with E-state index in [2.05, 4.69) is 0 Å². The highest BCUT2D eigenvalue weighted by atomic mass is 16.7. The third-order valence-electron chi connectivity index (χ3n) is 5.45. The van der Waals surface area contributed by atoms with E-state index in [0.717, 1.165) is 6.07 Å². The second kappa shape index (κ2) is 8.45. The molecule has 0 aromatic heterocycles. The lowest BCUT2D eigenvalue weighted by Crippen LogP contribution is -2.60. The molecule has 2 aromatic carbocycles. The molecule has 1 fully saturated rings. The van der Waals surface area contributed by atoms with E-state index in [4.69, 9.17) is 14.2 Å². The number of hydrogen-bond acceptors (Lipinski definition) is 11. The Morgan fingerprint density at radius 1 is 0.938 bits per heavy atom. The van der Waals surface area contributed by atoms with Crippen LogP contribution >= 0.6 is 0 Å². The zero-order valence-corrected chi connectivity index (χ0v) is 16.5. The molecule has 2 unspecified atom stereocenters. The number of carbonyl (C=O) groups excluding carboxylic acids is 1. The maximum absolute atomic E-state index is 12.6. The van der Waals surface area contributed by atoms with Crippen LogP contribution in [0.25, 0.3) is 0 Å². The van der Waals surface area contributed by atoms with Crippen molar-refractivity contribution in [2.24, 2.45) is 0 Å². The van der Waals surface area contributed by atoms with Crippen LogP contribution < -0.4 is 9.47 Å². The van der Waals surface area contributed by atoms with Crippen LogP contribution in [0.15, 0.2) is 30.3 Å². The van der Waals surface area contributed by atoms with Crippen molar-refractivity contribution >= 4 is 5.78 Å². The first kappa shape index (κ1) is 22.1. The quantitative estimate of drug-likeness (QED) is 0.303. The van der Waals surface area contributed by atoms with Crippen molar-refractivity contribution in [2.45, 2.75) is 43.2 Å². The maximum Gasteiger partial charge on any atom is 0.229 e. The predicted molar refractivity (Wildman–Crippen MR) is 105 cm³/mol. The van der Waals surface area contributed by atoms with Gasteiger partial charge in [-0.2, -0.15) is 0 Å². The number of aromatic hydroxyl groups is 3. The summed E-state index contributed by atoms with van der Waals surface area (Å²) >= 11 is 0. The number of benzene rings is 2. The molecule has 11 heteroatoms. The highest BCUT2D eigenvalue weighted by Gasteiger charge is 2.45. The Bertz CT molecular complexity index is 1020. The van der Waals surface area contributed by atoms with Crippen LogP contribution in [0.3, 0.4) is 0 Å². The molecule has 2 aliphatic rings. The summed E-state index contributed by atoms with van der Waals surface area (Å²) in [6, 6.07) is 6.37. The van der Waals surface area contributed by atoms with Crippen LogP contribution in [0.1, 0.15) is 28.4 Å². The summed E-state index contributed by atoms with van der Waals surface area (Å²) in [4.78, 5) is 12.6. The Hall–Kier alpha value is -3.09. The Morgan fingerprint density at radius 3 is 2.38 bits per heavy atom. The van der Waals surface area contributed by atoms with E-state index in [-0.39, 0.29) is 35.0 Å². The van der Waals surface area contributed by atoms with Gasteiger partial charge in [-0.25, -0.2) is 0 Å². The van der Waals surface area contributed by atoms with Gasteiger partial charge in [0.25, 0.3) is 0 Å². The summed E-state index contributed by atoms with van der Waals surface area (Å²) in [7, 11) is 0. The van der Waals surface area contributed by atoms with E-state index >= 15 is 0 Å². The summed E-state index contributed by atoms with van der Waals surface area (Å²) < 4.78 is 16.6. The van der Waals surface area contributed by atoms with E-state index in [9.17, 15) is 40.5 Å².